The Morgan fingerprint density at radius 2 is 1.85 bits per heavy atom. The van der Waals surface area contributed by atoms with Crippen LogP contribution in [0, 0.1) is 0 Å². The molecule has 5 heteroatoms. The summed E-state index contributed by atoms with van der Waals surface area (Å²) in [5.74, 6) is 0.259. The lowest BCUT2D eigenvalue weighted by atomic mass is 10.1. The predicted molar refractivity (Wildman–Crippen MR) is 72.5 cm³/mol. The van der Waals surface area contributed by atoms with Gasteiger partial charge >= 0.3 is 0 Å². The van der Waals surface area contributed by atoms with Crippen molar-refractivity contribution in [3.8, 4) is 17.1 Å². The van der Waals surface area contributed by atoms with E-state index in [9.17, 15) is 20.1 Å². The number of phenols is 1. The van der Waals surface area contributed by atoms with Crippen LogP contribution in [0.25, 0.3) is 23.2 Å². The largest absolute Gasteiger partial charge is 0.511 e. The Morgan fingerprint density at radius 3 is 2.55 bits per heavy atom. The minimum Gasteiger partial charge on any atom is -0.511 e. The summed E-state index contributed by atoms with van der Waals surface area (Å²) in [6.07, 6.45) is 0.539. The molecule has 1 atom stereocenters. The lowest BCUT2D eigenvalue weighted by molar-refractivity contribution is 0.228. The van der Waals surface area contributed by atoms with Gasteiger partial charge in [-0.2, -0.15) is 0 Å². The smallest absolute Gasteiger partial charge is 0.196 e. The van der Waals surface area contributed by atoms with E-state index >= 15 is 0 Å². The van der Waals surface area contributed by atoms with Crippen molar-refractivity contribution in [2.45, 2.75) is 12.5 Å². The Bertz CT molecular complexity index is 830. The summed E-state index contributed by atoms with van der Waals surface area (Å²) >= 11 is 0. The van der Waals surface area contributed by atoms with Crippen LogP contribution in [0.4, 0.5) is 0 Å². The van der Waals surface area contributed by atoms with Crippen molar-refractivity contribution in [3.63, 3.8) is 0 Å². The molecule has 0 fully saturated rings. The molecule has 0 amide bonds. The van der Waals surface area contributed by atoms with Gasteiger partial charge in [0, 0.05) is 18.1 Å². The highest BCUT2D eigenvalue weighted by atomic mass is 16.3. The molecule has 1 heterocycles. The van der Waals surface area contributed by atoms with Gasteiger partial charge in [-0.3, -0.25) is 4.79 Å². The van der Waals surface area contributed by atoms with Crippen molar-refractivity contribution in [2.24, 2.45) is 0 Å². The minimum atomic E-state index is -0.874. The summed E-state index contributed by atoms with van der Waals surface area (Å²) < 4.78 is 5.57. The summed E-state index contributed by atoms with van der Waals surface area (Å²) in [5.41, 5.74) is 0.419. The molecule has 1 aromatic carbocycles. The van der Waals surface area contributed by atoms with Gasteiger partial charge in [0.2, 0.25) is 0 Å². The van der Waals surface area contributed by atoms with Crippen LogP contribution in [0.5, 0.6) is 5.75 Å². The van der Waals surface area contributed by atoms with Crippen LogP contribution in [0.15, 0.2) is 39.5 Å². The number of aliphatic hydroxyl groups excluding tert-OH is 2. The van der Waals surface area contributed by atoms with E-state index < -0.39 is 6.10 Å². The number of aromatic hydroxyl groups is 1. The van der Waals surface area contributed by atoms with Crippen LogP contribution in [0.2, 0.25) is 0 Å². The Morgan fingerprint density at radius 1 is 1.15 bits per heavy atom. The third kappa shape index (κ3) is 2.08. The second-order valence-electron chi connectivity index (χ2n) is 4.65. The molecule has 3 rings (SSSR count). The van der Waals surface area contributed by atoms with Gasteiger partial charge in [-0.05, 0) is 30.3 Å². The number of hydrogen-bond donors (Lipinski definition) is 3. The van der Waals surface area contributed by atoms with Gasteiger partial charge in [0.1, 0.15) is 27.9 Å². The van der Waals surface area contributed by atoms with E-state index in [1.54, 1.807) is 12.1 Å². The Kier molecular flexibility index (Phi) is 2.84. The number of hydrogen-bond acceptors (Lipinski definition) is 5. The number of phenolic OH excluding ortho intramolecular Hbond substituents is 1. The quantitative estimate of drug-likeness (QED) is 0.691. The summed E-state index contributed by atoms with van der Waals surface area (Å²) in [4.78, 5) is 12.1. The zero-order valence-corrected chi connectivity index (χ0v) is 10.4. The molecule has 20 heavy (non-hydrogen) atoms. The van der Waals surface area contributed by atoms with E-state index in [1.165, 1.54) is 24.3 Å². The highest BCUT2D eigenvalue weighted by Gasteiger charge is 2.15. The molecule has 1 aromatic heterocycles. The second kappa shape index (κ2) is 4.54. The van der Waals surface area contributed by atoms with Crippen molar-refractivity contribution >= 4 is 11.8 Å². The van der Waals surface area contributed by atoms with E-state index in [-0.39, 0.29) is 34.0 Å². The fraction of sp³-hybridized carbons (Fsp3) is 0.133. The van der Waals surface area contributed by atoms with Crippen LogP contribution in [0.1, 0.15) is 6.42 Å². The van der Waals surface area contributed by atoms with Gasteiger partial charge in [0.25, 0.3) is 0 Å². The van der Waals surface area contributed by atoms with Crippen molar-refractivity contribution in [1.82, 2.24) is 0 Å². The predicted octanol–water partition coefficient (Wildman–Crippen LogP) is 0.224. The average Bonchev–Trinajstić information content (AvgIpc) is 2.38. The number of fused-ring (bicyclic) bond motifs is 1. The van der Waals surface area contributed by atoms with Crippen LogP contribution in [-0.2, 0) is 0 Å². The third-order valence-corrected chi connectivity index (χ3v) is 3.16. The van der Waals surface area contributed by atoms with Crippen molar-refractivity contribution in [1.29, 1.82) is 0 Å². The molecule has 0 spiro atoms. The van der Waals surface area contributed by atoms with Crippen LogP contribution < -0.4 is 16.1 Å². The zero-order valence-electron chi connectivity index (χ0n) is 10.4. The first-order valence-corrected chi connectivity index (χ1v) is 6.10. The highest BCUT2D eigenvalue weighted by molar-refractivity contribution is 5.58. The number of aliphatic hydroxyl groups is 2. The first-order chi connectivity index (χ1) is 9.54. The molecule has 0 saturated heterocycles. The standard InChI is InChI=1S/C15H12O5/c16-9-3-1-8(2-4-9)13-7-12(19)15-11(18)5-10(17)6-14(15)20-13/h1-4,6-7,10,16-18H,5H2. The van der Waals surface area contributed by atoms with Crippen LogP contribution in [0.3, 0.4) is 0 Å². The fourth-order valence-electron chi connectivity index (χ4n) is 2.22. The minimum absolute atomic E-state index is 0.0102. The Hall–Kier alpha value is -2.53. The fourth-order valence-corrected chi connectivity index (χ4v) is 2.22. The molecule has 3 N–H and O–H groups in total. The molecule has 1 aliphatic carbocycles. The second-order valence-corrected chi connectivity index (χ2v) is 4.65. The number of benzene rings is 1. The molecule has 0 saturated carbocycles. The molecule has 5 nitrogen and oxygen atoms in total. The Labute approximate surface area is 113 Å². The molecule has 0 radical (unpaired) electrons. The van der Waals surface area contributed by atoms with E-state index in [0.29, 0.717) is 11.3 Å². The summed E-state index contributed by atoms with van der Waals surface area (Å²) in [5, 5.41) is 28.7. The SMILES string of the molecule is O=c1cc(-c2ccc(O)cc2)oc2c1=C(O)CC(O)C=2. The van der Waals surface area contributed by atoms with Gasteiger partial charge in [0.05, 0.1) is 6.10 Å². The van der Waals surface area contributed by atoms with Gasteiger partial charge in [0.15, 0.2) is 5.43 Å². The van der Waals surface area contributed by atoms with E-state index in [2.05, 4.69) is 0 Å². The molecule has 2 aromatic rings. The first kappa shape index (κ1) is 12.5. The van der Waals surface area contributed by atoms with Crippen molar-refractivity contribution < 1.29 is 19.7 Å². The maximum absolute atomic E-state index is 12.1. The van der Waals surface area contributed by atoms with E-state index in [1.807, 2.05) is 0 Å². The summed E-state index contributed by atoms with van der Waals surface area (Å²) in [7, 11) is 0. The normalized spacial score (nSPS) is 17.4. The Balaban J connectivity index is 2.28. The lowest BCUT2D eigenvalue weighted by Gasteiger charge is -2.10. The maximum Gasteiger partial charge on any atom is 0.196 e. The van der Waals surface area contributed by atoms with Gasteiger partial charge in [-0.25, -0.2) is 0 Å². The van der Waals surface area contributed by atoms with E-state index in [4.69, 9.17) is 4.42 Å². The molecular weight excluding hydrogens is 260 g/mol. The molecule has 102 valence electrons. The maximum atomic E-state index is 12.1. The van der Waals surface area contributed by atoms with Crippen molar-refractivity contribution in [3.05, 3.63) is 51.2 Å². The van der Waals surface area contributed by atoms with Gasteiger partial charge in [-0.15, -0.1) is 0 Å². The molecule has 1 aliphatic rings. The molecule has 0 aliphatic heterocycles. The zero-order chi connectivity index (χ0) is 14.3. The van der Waals surface area contributed by atoms with Gasteiger partial charge in [-0.1, -0.05) is 0 Å². The van der Waals surface area contributed by atoms with Gasteiger partial charge < -0.3 is 19.7 Å². The summed E-state index contributed by atoms with van der Waals surface area (Å²) in [6.45, 7) is 0. The van der Waals surface area contributed by atoms with Crippen LogP contribution >= 0.6 is 0 Å². The molecule has 1 unspecified atom stereocenters. The highest BCUT2D eigenvalue weighted by Crippen LogP contribution is 2.19. The monoisotopic (exact) mass is 272 g/mol. The first-order valence-electron chi connectivity index (χ1n) is 6.10. The third-order valence-electron chi connectivity index (χ3n) is 3.16. The number of rotatable bonds is 1. The molecular formula is C15H12O5. The van der Waals surface area contributed by atoms with Crippen molar-refractivity contribution in [2.75, 3.05) is 0 Å². The average molecular weight is 272 g/mol. The summed E-state index contributed by atoms with van der Waals surface area (Å²) in [6, 6.07) is 7.48. The molecule has 0 bridgehead atoms. The lowest BCUT2D eigenvalue weighted by Crippen LogP contribution is -2.44. The van der Waals surface area contributed by atoms with E-state index in [0.717, 1.165) is 0 Å². The van der Waals surface area contributed by atoms with Crippen LogP contribution in [-0.4, -0.2) is 21.4 Å². The topological polar surface area (TPSA) is 90.9 Å².